The normalized spacial score (nSPS) is 23.6. The molecule has 0 amide bonds. The fraction of sp³-hybridized carbons (Fsp3) is 0.500. The summed E-state index contributed by atoms with van der Waals surface area (Å²) >= 11 is 0. The molecule has 2 heteroatoms. The minimum absolute atomic E-state index is 0.106. The fourth-order valence-electron chi connectivity index (χ4n) is 0.969. The predicted octanol–water partition coefficient (Wildman–Crippen LogP) is 3.12. The molecule has 56 valence electrons. The highest BCUT2D eigenvalue weighted by atomic mass is 19.2. The van der Waals surface area contributed by atoms with Gasteiger partial charge in [-0.05, 0) is 13.8 Å². The van der Waals surface area contributed by atoms with E-state index in [0.29, 0.717) is 0 Å². The van der Waals surface area contributed by atoms with E-state index in [1.165, 1.54) is 0 Å². The smallest absolute Gasteiger partial charge is 0.141 e. The molecule has 0 spiro atoms. The van der Waals surface area contributed by atoms with E-state index in [1.807, 2.05) is 0 Å². The molecule has 0 bridgehead atoms. The molecule has 0 unspecified atom stereocenters. The van der Waals surface area contributed by atoms with Gasteiger partial charge < -0.3 is 0 Å². The average Bonchev–Trinajstić information content (AvgIpc) is 1.83. The summed E-state index contributed by atoms with van der Waals surface area (Å²) in [5.41, 5.74) is -0.734. The second-order valence-corrected chi connectivity index (χ2v) is 3.05. The van der Waals surface area contributed by atoms with Crippen LogP contribution in [0.1, 0.15) is 20.3 Å². The molecule has 1 aliphatic carbocycles. The maximum Gasteiger partial charge on any atom is 0.141 e. The molecule has 0 aliphatic heterocycles. The quantitative estimate of drug-likeness (QED) is 0.458. The number of halogens is 2. The third-order valence-electron chi connectivity index (χ3n) is 1.64. The summed E-state index contributed by atoms with van der Waals surface area (Å²) in [6.45, 7) is 3.30. The van der Waals surface area contributed by atoms with Crippen molar-refractivity contribution < 1.29 is 8.78 Å². The molecule has 1 rings (SSSR count). The van der Waals surface area contributed by atoms with Crippen LogP contribution >= 0.6 is 0 Å². The Balaban J connectivity index is 2.97. The van der Waals surface area contributed by atoms with Crippen molar-refractivity contribution in [3.63, 3.8) is 0 Å². The van der Waals surface area contributed by atoms with E-state index in [2.05, 4.69) is 0 Å². The summed E-state index contributed by atoms with van der Waals surface area (Å²) < 4.78 is 25.3. The Labute approximate surface area is 59.2 Å². The van der Waals surface area contributed by atoms with Gasteiger partial charge in [-0.15, -0.1) is 0 Å². The fourth-order valence-corrected chi connectivity index (χ4v) is 0.969. The topological polar surface area (TPSA) is 0 Å². The molecule has 0 aromatic heterocycles. The molecular formula is C8H10F2. The Hall–Kier alpha value is -0.660. The first kappa shape index (κ1) is 7.45. The van der Waals surface area contributed by atoms with Crippen molar-refractivity contribution in [1.29, 1.82) is 0 Å². The van der Waals surface area contributed by atoms with E-state index in [4.69, 9.17) is 0 Å². The number of allylic oxidation sites excluding steroid dienone is 4. The minimum atomic E-state index is -0.734. The van der Waals surface area contributed by atoms with Crippen LogP contribution in [0.2, 0.25) is 0 Å². The second kappa shape index (κ2) is 2.19. The van der Waals surface area contributed by atoms with Gasteiger partial charge in [0.2, 0.25) is 0 Å². The molecule has 10 heavy (non-hydrogen) atoms. The van der Waals surface area contributed by atoms with Crippen LogP contribution in [0.5, 0.6) is 0 Å². The summed E-state index contributed by atoms with van der Waals surface area (Å²) in [7, 11) is 0. The lowest BCUT2D eigenvalue weighted by Gasteiger charge is -2.21. The van der Waals surface area contributed by atoms with Gasteiger partial charge in [0.05, 0.1) is 0 Å². The van der Waals surface area contributed by atoms with E-state index >= 15 is 0 Å². The first-order chi connectivity index (χ1) is 4.54. The highest BCUT2D eigenvalue weighted by Gasteiger charge is 2.26. The molecule has 0 nitrogen and oxygen atoms in total. The first-order valence-corrected chi connectivity index (χ1v) is 3.26. The van der Waals surface area contributed by atoms with Crippen molar-refractivity contribution in [1.82, 2.24) is 0 Å². The third-order valence-corrected chi connectivity index (χ3v) is 1.64. The minimum Gasteiger partial charge on any atom is -0.209 e. The van der Waals surface area contributed by atoms with Gasteiger partial charge in [0.25, 0.3) is 0 Å². The van der Waals surface area contributed by atoms with Crippen LogP contribution in [0.25, 0.3) is 0 Å². The zero-order valence-corrected chi connectivity index (χ0v) is 6.12. The van der Waals surface area contributed by atoms with Gasteiger partial charge in [-0.25, -0.2) is 8.78 Å². The molecule has 0 radical (unpaired) electrons. The summed E-state index contributed by atoms with van der Waals surface area (Å²) in [5.74, 6) is -1.26. The van der Waals surface area contributed by atoms with E-state index in [9.17, 15) is 8.78 Å². The molecular weight excluding hydrogens is 134 g/mol. The van der Waals surface area contributed by atoms with Gasteiger partial charge in [-0.1, -0.05) is 12.2 Å². The Morgan fingerprint density at radius 3 is 2.40 bits per heavy atom. The number of hydrogen-bond acceptors (Lipinski definition) is 0. The Bertz CT molecular complexity index is 199. The molecule has 0 aromatic carbocycles. The first-order valence-electron chi connectivity index (χ1n) is 3.26. The Morgan fingerprint density at radius 2 is 2.00 bits per heavy atom. The zero-order valence-electron chi connectivity index (χ0n) is 6.12. The summed E-state index contributed by atoms with van der Waals surface area (Å²) in [4.78, 5) is 0. The molecule has 0 saturated heterocycles. The predicted molar refractivity (Wildman–Crippen MR) is 36.8 cm³/mol. The number of rotatable bonds is 0. The van der Waals surface area contributed by atoms with Crippen molar-refractivity contribution in [2.45, 2.75) is 20.3 Å². The van der Waals surface area contributed by atoms with Crippen LogP contribution in [-0.4, -0.2) is 0 Å². The van der Waals surface area contributed by atoms with Gasteiger partial charge in [-0.3, -0.25) is 0 Å². The SMILES string of the molecule is CC1(C)C=CCC(F)=C1F. The van der Waals surface area contributed by atoms with Gasteiger partial charge in [0.1, 0.15) is 11.7 Å². The van der Waals surface area contributed by atoms with Crippen LogP contribution in [0, 0.1) is 5.41 Å². The molecule has 0 heterocycles. The van der Waals surface area contributed by atoms with Crippen molar-refractivity contribution >= 4 is 0 Å². The molecule has 1 aliphatic rings. The van der Waals surface area contributed by atoms with Crippen molar-refractivity contribution in [2.24, 2.45) is 5.41 Å². The van der Waals surface area contributed by atoms with E-state index in [-0.39, 0.29) is 6.42 Å². The van der Waals surface area contributed by atoms with Crippen molar-refractivity contribution in [2.75, 3.05) is 0 Å². The second-order valence-electron chi connectivity index (χ2n) is 3.05. The lowest BCUT2D eigenvalue weighted by Crippen LogP contribution is -2.12. The molecule has 0 saturated carbocycles. The monoisotopic (exact) mass is 144 g/mol. The van der Waals surface area contributed by atoms with Crippen LogP contribution in [-0.2, 0) is 0 Å². The molecule has 0 atom stereocenters. The maximum atomic E-state index is 12.8. The van der Waals surface area contributed by atoms with E-state index < -0.39 is 17.1 Å². The van der Waals surface area contributed by atoms with Gasteiger partial charge >= 0.3 is 0 Å². The van der Waals surface area contributed by atoms with Gasteiger partial charge in [0.15, 0.2) is 0 Å². The number of hydrogen-bond donors (Lipinski definition) is 0. The zero-order chi connectivity index (χ0) is 7.78. The highest BCUT2D eigenvalue weighted by Crippen LogP contribution is 2.36. The third kappa shape index (κ3) is 1.11. The maximum absolute atomic E-state index is 12.8. The highest BCUT2D eigenvalue weighted by molar-refractivity contribution is 5.23. The standard InChI is InChI=1S/C8H10F2/c1-8(2)5-3-4-6(9)7(8)10/h3,5H,4H2,1-2H3. The molecule has 0 N–H and O–H groups in total. The van der Waals surface area contributed by atoms with Crippen LogP contribution < -0.4 is 0 Å². The van der Waals surface area contributed by atoms with E-state index in [0.717, 1.165) is 0 Å². The lowest BCUT2D eigenvalue weighted by molar-refractivity contribution is 0.378. The van der Waals surface area contributed by atoms with Crippen LogP contribution in [0.4, 0.5) is 8.78 Å². The summed E-state index contributed by atoms with van der Waals surface area (Å²) in [5, 5.41) is 0. The molecule has 0 fully saturated rings. The molecule has 0 aromatic rings. The Morgan fingerprint density at radius 1 is 1.40 bits per heavy atom. The largest absolute Gasteiger partial charge is 0.209 e. The van der Waals surface area contributed by atoms with Crippen LogP contribution in [0.3, 0.4) is 0 Å². The summed E-state index contributed by atoms with van der Waals surface area (Å²) in [6.07, 6.45) is 3.44. The Kier molecular flexibility index (Phi) is 1.63. The van der Waals surface area contributed by atoms with Crippen molar-refractivity contribution in [3.05, 3.63) is 23.8 Å². The van der Waals surface area contributed by atoms with Crippen molar-refractivity contribution in [3.8, 4) is 0 Å². The van der Waals surface area contributed by atoms with Crippen LogP contribution in [0.15, 0.2) is 23.8 Å². The average molecular weight is 144 g/mol. The van der Waals surface area contributed by atoms with Gasteiger partial charge in [-0.2, -0.15) is 0 Å². The van der Waals surface area contributed by atoms with E-state index in [1.54, 1.807) is 26.0 Å². The van der Waals surface area contributed by atoms with Gasteiger partial charge in [0, 0.05) is 11.8 Å². The summed E-state index contributed by atoms with van der Waals surface area (Å²) in [6, 6.07) is 0. The lowest BCUT2D eigenvalue weighted by atomic mass is 9.87.